The van der Waals surface area contributed by atoms with E-state index in [0.717, 1.165) is 14.7 Å². The van der Waals surface area contributed by atoms with Crippen LogP contribution < -0.4 is 15.9 Å². The number of nitrogens with zero attached hydrogens (tertiary/aromatic N) is 2. The summed E-state index contributed by atoms with van der Waals surface area (Å²) in [5.74, 6) is 0. The molecule has 0 atom stereocenters. The molecule has 0 amide bonds. The topological polar surface area (TPSA) is 15.6 Å². The van der Waals surface area contributed by atoms with Crippen LogP contribution in [0.5, 0.6) is 0 Å². The standard InChI is InChI=1S/C34H37N2PS3/c38-32-31(33(39)40-34(35-32)36(26-16-6-1-7-17-26)27-18-8-2-9-19-27)37(28-20-10-3-11-21-28,29-22-12-4-13-23-29)30-24-14-5-15-25-30/h3-5,10-15,20-27H,1-2,6-9,16-19H2. The van der Waals surface area contributed by atoms with Gasteiger partial charge in [0, 0.05) is 17.4 Å². The minimum Gasteiger partial charge on any atom is -0.345 e. The fraction of sp³-hybridized carbons (Fsp3) is 0.353. The van der Waals surface area contributed by atoms with Gasteiger partial charge in [0.05, 0.1) is 4.20 Å². The van der Waals surface area contributed by atoms with E-state index in [1.165, 1.54) is 80.1 Å². The maximum absolute atomic E-state index is 6.41. The van der Waals surface area contributed by atoms with E-state index in [1.54, 1.807) is 11.8 Å². The normalized spacial score (nSPS) is 19.4. The number of hydrogen-bond acceptors (Lipinski definition) is 4. The van der Waals surface area contributed by atoms with E-state index < -0.39 is 6.89 Å². The second kappa shape index (κ2) is 12.9. The van der Waals surface area contributed by atoms with E-state index >= 15 is 0 Å². The summed E-state index contributed by atoms with van der Waals surface area (Å²) in [6.07, 6.45) is 12.9. The summed E-state index contributed by atoms with van der Waals surface area (Å²) in [6.45, 7) is -2.37. The Morgan fingerprint density at radius 3 is 1.38 bits per heavy atom. The third-order valence-corrected chi connectivity index (χ3v) is 15.1. The third kappa shape index (κ3) is 5.43. The Bertz CT molecular complexity index is 1300. The van der Waals surface area contributed by atoms with Crippen molar-refractivity contribution in [2.45, 2.75) is 76.3 Å². The first kappa shape index (κ1) is 28.1. The first-order chi connectivity index (χ1) is 19.7. The molecule has 2 saturated carbocycles. The predicted octanol–water partition coefficient (Wildman–Crippen LogP) is 7.88. The first-order valence-electron chi connectivity index (χ1n) is 14.8. The van der Waals surface area contributed by atoms with Gasteiger partial charge in [-0.15, -0.1) is 0 Å². The van der Waals surface area contributed by atoms with E-state index in [1.807, 2.05) is 0 Å². The minimum absolute atomic E-state index is 0.548. The summed E-state index contributed by atoms with van der Waals surface area (Å²) in [5.41, 5.74) is 0. The number of rotatable bonds is 5. The van der Waals surface area contributed by atoms with E-state index in [0.29, 0.717) is 17.1 Å². The fourth-order valence-corrected chi connectivity index (χ4v) is 14.0. The second-order valence-electron chi connectivity index (χ2n) is 11.1. The molecule has 0 radical (unpaired) electrons. The molecule has 3 aliphatic rings. The number of amidine groups is 1. The van der Waals surface area contributed by atoms with Crippen molar-refractivity contribution in [1.82, 2.24) is 4.90 Å². The van der Waals surface area contributed by atoms with E-state index in [4.69, 9.17) is 29.4 Å². The van der Waals surface area contributed by atoms with Crippen LogP contribution in [0.3, 0.4) is 0 Å². The second-order valence-corrected chi connectivity index (χ2v) is 16.5. The lowest BCUT2D eigenvalue weighted by molar-refractivity contribution is 0.161. The van der Waals surface area contributed by atoms with Gasteiger partial charge in [0.2, 0.25) is 0 Å². The summed E-state index contributed by atoms with van der Waals surface area (Å²) in [4.78, 5) is 8.71. The molecule has 2 nitrogen and oxygen atoms in total. The van der Waals surface area contributed by atoms with Crippen LogP contribution in [0, 0.1) is 0 Å². The van der Waals surface area contributed by atoms with Crippen LogP contribution in [-0.2, 0) is 0 Å². The van der Waals surface area contributed by atoms with Crippen LogP contribution in [0.4, 0.5) is 0 Å². The molecule has 0 N–H and O–H groups in total. The molecule has 3 aromatic rings. The summed E-state index contributed by atoms with van der Waals surface area (Å²) in [7, 11) is 0. The molecule has 0 spiro atoms. The average molecular weight is 601 g/mol. The van der Waals surface area contributed by atoms with Gasteiger partial charge in [0.25, 0.3) is 0 Å². The zero-order chi connectivity index (χ0) is 27.4. The minimum atomic E-state index is -2.37. The number of benzene rings is 3. The molecule has 40 heavy (non-hydrogen) atoms. The molecular formula is C34H37N2PS3. The van der Waals surface area contributed by atoms with Crippen LogP contribution >= 0.6 is 43.1 Å². The lowest BCUT2D eigenvalue weighted by Gasteiger charge is -2.44. The van der Waals surface area contributed by atoms with Gasteiger partial charge in [-0.1, -0.05) is 154 Å². The molecule has 2 aliphatic carbocycles. The van der Waals surface area contributed by atoms with Crippen LogP contribution in [0.1, 0.15) is 64.2 Å². The van der Waals surface area contributed by atoms with Crippen LogP contribution in [-0.4, -0.2) is 36.6 Å². The van der Waals surface area contributed by atoms with Gasteiger partial charge >= 0.3 is 0 Å². The highest BCUT2D eigenvalue weighted by atomic mass is 32.2. The van der Waals surface area contributed by atoms with Crippen molar-refractivity contribution in [3.63, 3.8) is 0 Å². The highest BCUT2D eigenvalue weighted by molar-refractivity contribution is 8.37. The smallest absolute Gasteiger partial charge is 0.171 e. The quantitative estimate of drug-likeness (QED) is 0.219. The lowest BCUT2D eigenvalue weighted by Crippen LogP contribution is -2.50. The number of aliphatic imine (C=N–C) groups is 1. The number of thioether (sulfide) groups is 1. The Morgan fingerprint density at radius 1 is 0.600 bits per heavy atom. The van der Waals surface area contributed by atoms with Crippen LogP contribution in [0.2, 0.25) is 0 Å². The Morgan fingerprint density at radius 2 is 1.00 bits per heavy atom. The van der Waals surface area contributed by atoms with Crippen LogP contribution in [0.15, 0.2) is 96.0 Å². The monoisotopic (exact) mass is 600 g/mol. The SMILES string of the molecule is S=C1N=C(N(C2CCCCC2)C2CCCCC2)SC(=S)C1=P(c1ccccc1)(c1ccccc1)c1ccccc1. The maximum atomic E-state index is 6.41. The average Bonchev–Trinajstić information content (AvgIpc) is 3.01. The molecule has 0 unspecified atom stereocenters. The largest absolute Gasteiger partial charge is 0.345 e. The Hall–Kier alpha value is -2.04. The summed E-state index contributed by atoms with van der Waals surface area (Å²) < 4.78 is 0.900. The predicted molar refractivity (Wildman–Crippen MR) is 186 cm³/mol. The summed E-state index contributed by atoms with van der Waals surface area (Å²) >= 11 is 14.5. The van der Waals surface area contributed by atoms with Crippen molar-refractivity contribution in [2.75, 3.05) is 0 Å². The van der Waals surface area contributed by atoms with Gasteiger partial charge in [-0.3, -0.25) is 0 Å². The van der Waals surface area contributed by atoms with Gasteiger partial charge in [-0.05, 0) is 60.2 Å². The molecule has 0 aromatic heterocycles. The Labute approximate surface area is 254 Å². The number of thiocarbonyl (C=S) groups is 2. The Kier molecular flexibility index (Phi) is 9.03. The fourth-order valence-electron chi connectivity index (χ4n) is 6.89. The van der Waals surface area contributed by atoms with E-state index in [2.05, 4.69) is 95.9 Å². The van der Waals surface area contributed by atoms with Crippen molar-refractivity contribution < 1.29 is 0 Å². The zero-order valence-electron chi connectivity index (χ0n) is 23.0. The molecular weight excluding hydrogens is 564 g/mol. The first-order valence-corrected chi connectivity index (χ1v) is 18.2. The van der Waals surface area contributed by atoms with Crippen molar-refractivity contribution in [2.24, 2.45) is 4.99 Å². The van der Waals surface area contributed by atoms with Crippen LogP contribution in [0.25, 0.3) is 0 Å². The van der Waals surface area contributed by atoms with Crippen molar-refractivity contribution in [3.05, 3.63) is 91.0 Å². The molecule has 1 aliphatic heterocycles. The highest BCUT2D eigenvalue weighted by Crippen LogP contribution is 2.49. The molecule has 206 valence electrons. The van der Waals surface area contributed by atoms with E-state index in [9.17, 15) is 0 Å². The van der Waals surface area contributed by atoms with Crippen molar-refractivity contribution in [3.8, 4) is 0 Å². The van der Waals surface area contributed by atoms with Crippen molar-refractivity contribution >= 4 is 78.6 Å². The van der Waals surface area contributed by atoms with Gasteiger partial charge < -0.3 is 4.90 Å². The van der Waals surface area contributed by atoms with Crippen molar-refractivity contribution in [1.29, 1.82) is 0 Å². The number of hydrogen-bond donors (Lipinski definition) is 0. The molecule has 0 saturated heterocycles. The molecule has 3 aromatic carbocycles. The molecule has 1 heterocycles. The van der Waals surface area contributed by atoms with E-state index in [-0.39, 0.29) is 0 Å². The summed E-state index contributed by atoms with van der Waals surface area (Å²) in [5, 5.41) is 5.93. The zero-order valence-corrected chi connectivity index (χ0v) is 26.3. The highest BCUT2D eigenvalue weighted by Gasteiger charge is 2.39. The molecule has 6 heteroatoms. The lowest BCUT2D eigenvalue weighted by atomic mass is 9.89. The third-order valence-electron chi connectivity index (χ3n) is 8.70. The van der Waals surface area contributed by atoms with Gasteiger partial charge in [-0.2, -0.15) is 0 Å². The molecule has 2 fully saturated rings. The molecule has 0 bridgehead atoms. The molecule has 6 rings (SSSR count). The maximum Gasteiger partial charge on any atom is 0.171 e. The Balaban J connectivity index is 1.57. The van der Waals surface area contributed by atoms with Gasteiger partial charge in [-0.25, -0.2) is 4.99 Å². The summed E-state index contributed by atoms with van der Waals surface area (Å²) in [6, 6.07) is 33.7. The van der Waals surface area contributed by atoms with Gasteiger partial charge in [0.15, 0.2) is 5.17 Å². The van der Waals surface area contributed by atoms with Gasteiger partial charge in [0.1, 0.15) is 4.99 Å².